The van der Waals surface area contributed by atoms with E-state index in [0.29, 0.717) is 12.6 Å². The second kappa shape index (κ2) is 9.54. The number of carbonyl (C=O) groups is 1. The maximum absolute atomic E-state index is 11.8. The number of rotatable bonds is 7. The molecule has 2 heterocycles. The van der Waals surface area contributed by atoms with E-state index in [1.54, 1.807) is 7.11 Å². The number of piperidine rings is 1. The Morgan fingerprint density at radius 1 is 1.21 bits per heavy atom. The van der Waals surface area contributed by atoms with Crippen molar-refractivity contribution in [2.24, 2.45) is 11.8 Å². The molecule has 8 heteroatoms. The quantitative estimate of drug-likeness (QED) is 0.506. The Kier molecular flexibility index (Phi) is 7.08. The van der Waals surface area contributed by atoms with Crippen LogP contribution in [0.5, 0.6) is 5.75 Å². The maximum atomic E-state index is 11.8. The summed E-state index contributed by atoms with van der Waals surface area (Å²) in [4.78, 5) is 14.0. The van der Waals surface area contributed by atoms with E-state index < -0.39 is 0 Å². The predicted octanol–water partition coefficient (Wildman–Crippen LogP) is 3.59. The minimum atomic E-state index is -0.107. The molecule has 0 spiro atoms. The van der Waals surface area contributed by atoms with E-state index in [1.807, 2.05) is 28.9 Å². The molecule has 1 fully saturated rings. The minimum absolute atomic E-state index is 0.00224. The standard InChI is InChI=1S/C21H30N4O3S/c1-15(2)13-24-19(16-5-7-18(27-3)8-6-16)22-25(21(24)29)14-23-11-9-17(10-12-23)20(26)28-4/h5-8,15,17H,9-14H2,1-4H3. The normalized spacial score (nSPS) is 15.6. The molecule has 1 saturated heterocycles. The fourth-order valence-corrected chi connectivity index (χ4v) is 3.94. The number of methoxy groups -OCH3 is 2. The highest BCUT2D eigenvalue weighted by atomic mass is 32.1. The number of hydrogen-bond donors (Lipinski definition) is 0. The van der Waals surface area contributed by atoms with Gasteiger partial charge in [-0.1, -0.05) is 13.8 Å². The van der Waals surface area contributed by atoms with Crippen LogP contribution < -0.4 is 4.74 Å². The number of likely N-dealkylation sites (tertiary alicyclic amines) is 1. The van der Waals surface area contributed by atoms with E-state index >= 15 is 0 Å². The Balaban J connectivity index is 1.81. The number of benzene rings is 1. The summed E-state index contributed by atoms with van der Waals surface area (Å²) in [7, 11) is 3.11. The van der Waals surface area contributed by atoms with E-state index in [0.717, 1.165) is 54.4 Å². The second-order valence-electron chi connectivity index (χ2n) is 7.90. The summed E-state index contributed by atoms with van der Waals surface area (Å²) in [6.07, 6.45) is 1.61. The number of esters is 1. The number of aromatic nitrogens is 3. The smallest absolute Gasteiger partial charge is 0.308 e. The molecule has 0 unspecified atom stereocenters. The van der Waals surface area contributed by atoms with Crippen LogP contribution >= 0.6 is 12.2 Å². The van der Waals surface area contributed by atoms with Crippen molar-refractivity contribution >= 4 is 18.2 Å². The lowest BCUT2D eigenvalue weighted by Gasteiger charge is -2.30. The summed E-state index contributed by atoms with van der Waals surface area (Å²) in [5.41, 5.74) is 1.01. The van der Waals surface area contributed by atoms with E-state index in [1.165, 1.54) is 7.11 Å². The maximum Gasteiger partial charge on any atom is 0.308 e. The highest BCUT2D eigenvalue weighted by molar-refractivity contribution is 7.71. The third-order valence-corrected chi connectivity index (χ3v) is 5.71. The molecule has 3 rings (SSSR count). The molecule has 2 aromatic rings. The average Bonchev–Trinajstić information content (AvgIpc) is 3.03. The van der Waals surface area contributed by atoms with Crippen LogP contribution in [0.25, 0.3) is 11.4 Å². The lowest BCUT2D eigenvalue weighted by atomic mass is 9.97. The second-order valence-corrected chi connectivity index (χ2v) is 8.26. The fourth-order valence-electron chi connectivity index (χ4n) is 3.68. The van der Waals surface area contributed by atoms with Gasteiger partial charge in [-0.3, -0.25) is 14.3 Å². The molecular weight excluding hydrogens is 388 g/mol. The van der Waals surface area contributed by atoms with Crippen molar-refractivity contribution in [1.82, 2.24) is 19.2 Å². The van der Waals surface area contributed by atoms with Crippen LogP contribution in [0, 0.1) is 16.6 Å². The topological polar surface area (TPSA) is 61.5 Å². The molecule has 0 saturated carbocycles. The van der Waals surface area contributed by atoms with Crippen LogP contribution in [0.2, 0.25) is 0 Å². The van der Waals surface area contributed by atoms with Crippen LogP contribution in [-0.4, -0.2) is 52.5 Å². The zero-order valence-corrected chi connectivity index (χ0v) is 18.4. The van der Waals surface area contributed by atoms with Gasteiger partial charge in [-0.15, -0.1) is 0 Å². The van der Waals surface area contributed by atoms with Crippen molar-refractivity contribution in [3.05, 3.63) is 29.0 Å². The molecule has 1 aromatic carbocycles. The zero-order chi connectivity index (χ0) is 21.0. The van der Waals surface area contributed by atoms with Crippen LogP contribution in [-0.2, 0) is 22.7 Å². The van der Waals surface area contributed by atoms with Gasteiger partial charge in [0, 0.05) is 25.2 Å². The van der Waals surface area contributed by atoms with Gasteiger partial charge in [-0.25, -0.2) is 4.68 Å². The molecule has 1 aromatic heterocycles. The van der Waals surface area contributed by atoms with E-state index in [-0.39, 0.29) is 11.9 Å². The number of nitrogens with zero attached hydrogens (tertiary/aromatic N) is 4. The molecule has 0 N–H and O–H groups in total. The first-order valence-electron chi connectivity index (χ1n) is 10.0. The number of carbonyl (C=O) groups excluding carboxylic acids is 1. The third-order valence-electron chi connectivity index (χ3n) is 5.27. The average molecular weight is 419 g/mol. The molecule has 158 valence electrons. The first kappa shape index (κ1) is 21.5. The molecule has 0 radical (unpaired) electrons. The lowest BCUT2D eigenvalue weighted by Crippen LogP contribution is -2.38. The van der Waals surface area contributed by atoms with Crippen LogP contribution in [0.4, 0.5) is 0 Å². The van der Waals surface area contributed by atoms with Gasteiger partial charge in [-0.2, -0.15) is 5.10 Å². The summed E-state index contributed by atoms with van der Waals surface area (Å²) in [5.74, 6) is 2.03. The molecule has 0 amide bonds. The first-order valence-corrected chi connectivity index (χ1v) is 10.5. The van der Waals surface area contributed by atoms with E-state index in [9.17, 15) is 4.79 Å². The molecule has 0 bridgehead atoms. The number of hydrogen-bond acceptors (Lipinski definition) is 6. The Morgan fingerprint density at radius 3 is 2.41 bits per heavy atom. The molecule has 29 heavy (non-hydrogen) atoms. The monoisotopic (exact) mass is 418 g/mol. The molecule has 1 aliphatic rings. The summed E-state index contributed by atoms with van der Waals surface area (Å²) < 4.78 is 14.9. The van der Waals surface area contributed by atoms with Crippen molar-refractivity contribution in [3.8, 4) is 17.1 Å². The van der Waals surface area contributed by atoms with Crippen molar-refractivity contribution in [3.63, 3.8) is 0 Å². The van der Waals surface area contributed by atoms with Crippen molar-refractivity contribution in [2.45, 2.75) is 39.9 Å². The highest BCUT2D eigenvalue weighted by Gasteiger charge is 2.26. The van der Waals surface area contributed by atoms with Gasteiger partial charge in [0.15, 0.2) is 10.6 Å². The van der Waals surface area contributed by atoms with Crippen LogP contribution in [0.3, 0.4) is 0 Å². The van der Waals surface area contributed by atoms with Crippen molar-refractivity contribution < 1.29 is 14.3 Å². The molecular formula is C21H30N4O3S. The van der Waals surface area contributed by atoms with E-state index in [2.05, 4.69) is 23.3 Å². The fraction of sp³-hybridized carbons (Fsp3) is 0.571. The summed E-state index contributed by atoms with van der Waals surface area (Å²) in [6.45, 7) is 7.45. The zero-order valence-electron chi connectivity index (χ0n) is 17.6. The van der Waals surface area contributed by atoms with Gasteiger partial charge in [0.1, 0.15) is 5.75 Å². The van der Waals surface area contributed by atoms with Crippen molar-refractivity contribution in [1.29, 1.82) is 0 Å². The Bertz CT molecular complexity index is 880. The van der Waals surface area contributed by atoms with Gasteiger partial charge in [-0.05, 0) is 55.2 Å². The summed E-state index contributed by atoms with van der Waals surface area (Å²) in [5, 5.41) is 4.85. The summed E-state index contributed by atoms with van der Waals surface area (Å²) >= 11 is 5.77. The Morgan fingerprint density at radius 2 is 1.86 bits per heavy atom. The van der Waals surface area contributed by atoms with Crippen LogP contribution in [0.15, 0.2) is 24.3 Å². The largest absolute Gasteiger partial charge is 0.497 e. The third kappa shape index (κ3) is 5.05. The van der Waals surface area contributed by atoms with Gasteiger partial charge in [0.25, 0.3) is 0 Å². The number of ether oxygens (including phenoxy) is 2. The molecule has 1 aliphatic heterocycles. The van der Waals surface area contributed by atoms with E-state index in [4.69, 9.17) is 26.8 Å². The summed E-state index contributed by atoms with van der Waals surface area (Å²) in [6, 6.07) is 7.90. The Labute approximate surface area is 177 Å². The van der Waals surface area contributed by atoms with Gasteiger partial charge in [0.05, 0.1) is 26.8 Å². The lowest BCUT2D eigenvalue weighted by molar-refractivity contribution is -0.147. The van der Waals surface area contributed by atoms with Gasteiger partial charge >= 0.3 is 5.97 Å². The van der Waals surface area contributed by atoms with Gasteiger partial charge in [0.2, 0.25) is 0 Å². The molecule has 0 aliphatic carbocycles. The minimum Gasteiger partial charge on any atom is -0.497 e. The van der Waals surface area contributed by atoms with Crippen molar-refractivity contribution in [2.75, 3.05) is 27.3 Å². The van der Waals surface area contributed by atoms with Crippen LogP contribution in [0.1, 0.15) is 26.7 Å². The SMILES string of the molecule is COC(=O)C1CCN(Cn2nc(-c3ccc(OC)cc3)n(CC(C)C)c2=S)CC1. The molecule has 7 nitrogen and oxygen atoms in total. The first-order chi connectivity index (χ1) is 13.9. The molecule has 0 atom stereocenters. The predicted molar refractivity (Wildman–Crippen MR) is 114 cm³/mol. The van der Waals surface area contributed by atoms with Gasteiger partial charge < -0.3 is 9.47 Å². The highest BCUT2D eigenvalue weighted by Crippen LogP contribution is 2.24. The Hall–Kier alpha value is -2.19.